The number of alkyl halides is 1. The molecule has 2 aromatic rings. The Morgan fingerprint density at radius 1 is 0.826 bits per heavy atom. The van der Waals surface area contributed by atoms with Gasteiger partial charge in [-0.05, 0) is 12.1 Å². The largest absolute Gasteiger partial charge is 0.457 e. The third-order valence-electron chi connectivity index (χ3n) is 2.61. The van der Waals surface area contributed by atoms with Crippen molar-refractivity contribution in [1.82, 2.24) is 0 Å². The third-order valence-corrected chi connectivity index (χ3v) is 3.84. The molecule has 10 heteroatoms. The fraction of sp³-hybridized carbons (Fsp3) is 0.0769. The molecule has 0 bridgehead atoms. The molecule has 0 radical (unpaired) electrons. The van der Waals surface area contributed by atoms with E-state index in [4.69, 9.17) is 0 Å². The van der Waals surface area contributed by atoms with E-state index in [0.29, 0.717) is 0 Å². The molecule has 0 atom stereocenters. The molecule has 2 rings (SSSR count). The molecule has 0 N–H and O–H groups in total. The highest BCUT2D eigenvalue weighted by Crippen LogP contribution is 2.36. The van der Waals surface area contributed by atoms with Gasteiger partial charge in [-0.3, -0.25) is 0 Å². The molecule has 0 heterocycles. The zero-order valence-electron chi connectivity index (χ0n) is 11.0. The Morgan fingerprint density at radius 3 is 1.78 bits per heavy atom. The molecule has 4 nitrogen and oxygen atoms in total. The molecule has 23 heavy (non-hydrogen) atoms. The van der Waals surface area contributed by atoms with Crippen LogP contribution in [0.3, 0.4) is 0 Å². The second-order valence-electron chi connectivity index (χ2n) is 4.02. The normalized spacial score (nSPS) is 11.3. The van der Waals surface area contributed by atoms with Crippen molar-refractivity contribution >= 4 is 10.1 Å². The van der Waals surface area contributed by atoms with Gasteiger partial charge in [0.05, 0.1) is 0 Å². The molecule has 0 unspecified atom stereocenters. The molecule has 0 spiro atoms. The van der Waals surface area contributed by atoms with E-state index in [1.54, 1.807) is 0 Å². The maximum atomic E-state index is 13.7. The van der Waals surface area contributed by atoms with Crippen LogP contribution in [-0.2, 0) is 10.1 Å². The van der Waals surface area contributed by atoms with E-state index >= 15 is 0 Å². The van der Waals surface area contributed by atoms with E-state index in [2.05, 4.69) is 8.92 Å². The number of halogens is 5. The van der Waals surface area contributed by atoms with Gasteiger partial charge in [0.1, 0.15) is 4.90 Å². The van der Waals surface area contributed by atoms with Crippen LogP contribution in [0.4, 0.5) is 22.0 Å². The van der Waals surface area contributed by atoms with Crippen molar-refractivity contribution in [3.63, 3.8) is 0 Å². The fourth-order valence-electron chi connectivity index (χ4n) is 1.59. The van der Waals surface area contributed by atoms with E-state index in [-0.39, 0.29) is 0 Å². The topological polar surface area (TPSA) is 52.6 Å². The van der Waals surface area contributed by atoms with Crippen molar-refractivity contribution in [3.05, 3.63) is 53.6 Å². The number of benzene rings is 2. The molecular formula is C13H7F5O4S. The molecular weight excluding hydrogens is 347 g/mol. The minimum atomic E-state index is -4.75. The lowest BCUT2D eigenvalue weighted by Gasteiger charge is -2.12. The lowest BCUT2D eigenvalue weighted by molar-refractivity contribution is 0.171. The molecule has 0 aliphatic carbocycles. The Morgan fingerprint density at radius 2 is 1.30 bits per heavy atom. The second kappa shape index (κ2) is 6.41. The molecule has 0 saturated heterocycles. The summed E-state index contributed by atoms with van der Waals surface area (Å²) in [7, 11) is -4.75. The molecule has 0 aliphatic rings. The van der Waals surface area contributed by atoms with E-state index in [9.17, 15) is 30.4 Å². The Kier molecular flexibility index (Phi) is 4.73. The summed E-state index contributed by atoms with van der Waals surface area (Å²) >= 11 is 0. The summed E-state index contributed by atoms with van der Waals surface area (Å²) in [5.74, 6) is -12.1. The molecule has 2 aromatic carbocycles. The van der Waals surface area contributed by atoms with Crippen LogP contribution in [0, 0.1) is 23.3 Å². The summed E-state index contributed by atoms with van der Waals surface area (Å²) in [5, 5.41) is 0. The summed E-state index contributed by atoms with van der Waals surface area (Å²) < 4.78 is 98.0. The second-order valence-corrected chi connectivity index (χ2v) is 5.56. The minimum Gasteiger partial charge on any atom is -0.457 e. The molecule has 0 fully saturated rings. The molecule has 0 aliphatic heterocycles. The molecule has 124 valence electrons. The van der Waals surface area contributed by atoms with Crippen molar-refractivity contribution in [2.45, 2.75) is 4.90 Å². The summed E-state index contributed by atoms with van der Waals surface area (Å²) in [4.78, 5) is -0.497. The van der Waals surface area contributed by atoms with Crippen LogP contribution in [0.15, 0.2) is 35.2 Å². The Balaban J connectivity index is 2.53. The van der Waals surface area contributed by atoms with Crippen molar-refractivity contribution < 1.29 is 39.3 Å². The first-order chi connectivity index (χ1) is 10.8. The minimum absolute atomic E-state index is 0.497. The smallest absolute Gasteiger partial charge is 0.339 e. The summed E-state index contributed by atoms with van der Waals surface area (Å²) in [6.07, 6.45) is 0. The van der Waals surface area contributed by atoms with E-state index in [0.717, 1.165) is 12.1 Å². The van der Waals surface area contributed by atoms with Crippen LogP contribution >= 0.6 is 0 Å². The van der Waals surface area contributed by atoms with Crippen molar-refractivity contribution in [1.29, 1.82) is 0 Å². The average molecular weight is 354 g/mol. The first kappa shape index (κ1) is 17.0. The summed E-state index contributed by atoms with van der Waals surface area (Å²) in [5.41, 5.74) is 0. The van der Waals surface area contributed by atoms with Crippen LogP contribution in [0.25, 0.3) is 0 Å². The number of hydrogen-bond acceptors (Lipinski definition) is 4. The highest BCUT2D eigenvalue weighted by atomic mass is 32.2. The van der Waals surface area contributed by atoms with Crippen molar-refractivity contribution in [3.8, 4) is 11.5 Å². The Labute approximate surface area is 127 Å². The SMILES string of the molecule is O=S(=O)(Oc1c(F)c(F)c(OCF)c(F)c1F)c1ccccc1. The van der Waals surface area contributed by atoms with E-state index in [1.807, 2.05) is 0 Å². The van der Waals surface area contributed by atoms with E-state index < -0.39 is 56.6 Å². The zero-order valence-corrected chi connectivity index (χ0v) is 11.8. The average Bonchev–Trinajstić information content (AvgIpc) is 2.55. The zero-order chi connectivity index (χ0) is 17.2. The fourth-order valence-corrected chi connectivity index (χ4v) is 2.54. The van der Waals surface area contributed by atoms with Gasteiger partial charge < -0.3 is 8.92 Å². The molecule has 0 aromatic heterocycles. The van der Waals surface area contributed by atoms with Gasteiger partial charge in [-0.2, -0.15) is 26.0 Å². The monoisotopic (exact) mass is 354 g/mol. The standard InChI is InChI=1S/C13H7F5O4S/c14-6-21-12-8(15)10(17)13(11(18)9(12)16)22-23(19,20)7-4-2-1-3-5-7/h1-5H,6H2. The van der Waals surface area contributed by atoms with Crippen LogP contribution < -0.4 is 8.92 Å². The lowest BCUT2D eigenvalue weighted by Crippen LogP contribution is -2.14. The molecule has 0 amide bonds. The number of rotatable bonds is 5. The predicted octanol–water partition coefficient (Wildman–Crippen LogP) is 3.32. The van der Waals surface area contributed by atoms with Gasteiger partial charge in [-0.25, -0.2) is 4.39 Å². The van der Waals surface area contributed by atoms with Gasteiger partial charge >= 0.3 is 10.1 Å². The van der Waals surface area contributed by atoms with Crippen molar-refractivity contribution in [2.24, 2.45) is 0 Å². The Bertz CT molecular complexity index is 795. The van der Waals surface area contributed by atoms with Gasteiger partial charge in [-0.1, -0.05) is 18.2 Å². The van der Waals surface area contributed by atoms with Gasteiger partial charge in [0.15, 0.2) is 0 Å². The third kappa shape index (κ3) is 3.21. The number of hydrogen-bond donors (Lipinski definition) is 0. The van der Waals surface area contributed by atoms with Crippen LogP contribution in [0.1, 0.15) is 0 Å². The van der Waals surface area contributed by atoms with Gasteiger partial charge in [-0.15, -0.1) is 0 Å². The predicted molar refractivity (Wildman–Crippen MR) is 67.1 cm³/mol. The van der Waals surface area contributed by atoms with Crippen LogP contribution in [0.5, 0.6) is 11.5 Å². The van der Waals surface area contributed by atoms with Gasteiger partial charge in [0, 0.05) is 0 Å². The van der Waals surface area contributed by atoms with Crippen LogP contribution in [0.2, 0.25) is 0 Å². The van der Waals surface area contributed by atoms with Gasteiger partial charge in [0.2, 0.25) is 41.6 Å². The first-order valence-corrected chi connectivity index (χ1v) is 7.24. The Hall–Kier alpha value is -2.36. The maximum absolute atomic E-state index is 13.7. The molecule has 0 saturated carbocycles. The first-order valence-electron chi connectivity index (χ1n) is 5.83. The lowest BCUT2D eigenvalue weighted by atomic mass is 10.2. The van der Waals surface area contributed by atoms with Crippen molar-refractivity contribution in [2.75, 3.05) is 6.86 Å². The highest BCUT2D eigenvalue weighted by molar-refractivity contribution is 7.87. The maximum Gasteiger partial charge on any atom is 0.339 e. The summed E-state index contributed by atoms with van der Waals surface area (Å²) in [6.45, 7) is -1.75. The highest BCUT2D eigenvalue weighted by Gasteiger charge is 2.31. The van der Waals surface area contributed by atoms with Gasteiger partial charge in [0.25, 0.3) is 0 Å². The number of ether oxygens (including phenoxy) is 1. The van der Waals surface area contributed by atoms with E-state index in [1.165, 1.54) is 18.2 Å². The quantitative estimate of drug-likeness (QED) is 0.470. The summed E-state index contributed by atoms with van der Waals surface area (Å²) in [6, 6.07) is 6.13. The van der Waals surface area contributed by atoms with Crippen LogP contribution in [-0.4, -0.2) is 15.3 Å².